The molecule has 0 aliphatic carbocycles. The first-order valence-electron chi connectivity index (χ1n) is 6.20. The highest BCUT2D eigenvalue weighted by molar-refractivity contribution is 7.12. The van der Waals surface area contributed by atoms with Gasteiger partial charge in [-0.05, 0) is 43.0 Å². The van der Waals surface area contributed by atoms with Crippen molar-refractivity contribution in [3.8, 4) is 0 Å². The van der Waals surface area contributed by atoms with E-state index in [1.54, 1.807) is 13.0 Å². The molecule has 0 saturated heterocycles. The number of aryl methyl sites for hydroxylation is 1. The van der Waals surface area contributed by atoms with Crippen LogP contribution in [0.2, 0.25) is 0 Å². The van der Waals surface area contributed by atoms with E-state index >= 15 is 0 Å². The minimum atomic E-state index is -0.501. The van der Waals surface area contributed by atoms with Crippen molar-refractivity contribution in [2.75, 3.05) is 6.61 Å². The Bertz CT molecular complexity index is 614. The molecule has 20 heavy (non-hydrogen) atoms. The van der Waals surface area contributed by atoms with Gasteiger partial charge in [0.15, 0.2) is 0 Å². The van der Waals surface area contributed by atoms with Crippen molar-refractivity contribution in [1.29, 1.82) is 0 Å². The van der Waals surface area contributed by atoms with E-state index in [2.05, 4.69) is 5.32 Å². The van der Waals surface area contributed by atoms with Crippen LogP contribution in [0.4, 0.5) is 0 Å². The summed E-state index contributed by atoms with van der Waals surface area (Å²) in [4.78, 5) is 24.0. The molecule has 6 heteroatoms. The van der Waals surface area contributed by atoms with Gasteiger partial charge in [0.25, 0.3) is 5.91 Å². The van der Waals surface area contributed by atoms with Crippen molar-refractivity contribution in [1.82, 2.24) is 5.32 Å². The van der Waals surface area contributed by atoms with Gasteiger partial charge in [0.05, 0.1) is 18.0 Å². The van der Waals surface area contributed by atoms with Crippen molar-refractivity contribution < 1.29 is 18.7 Å². The molecule has 0 radical (unpaired) electrons. The van der Waals surface area contributed by atoms with E-state index < -0.39 is 5.97 Å². The molecule has 106 valence electrons. The molecule has 1 amide bonds. The predicted molar refractivity (Wildman–Crippen MR) is 74.9 cm³/mol. The Morgan fingerprint density at radius 1 is 1.35 bits per heavy atom. The van der Waals surface area contributed by atoms with Gasteiger partial charge in [-0.2, -0.15) is 0 Å². The monoisotopic (exact) mass is 293 g/mol. The molecule has 0 unspecified atom stereocenters. The second-order valence-electron chi connectivity index (χ2n) is 4.10. The summed E-state index contributed by atoms with van der Waals surface area (Å²) in [7, 11) is 0. The van der Waals surface area contributed by atoms with E-state index in [-0.39, 0.29) is 18.2 Å². The standard InChI is InChI=1S/C14H15NO4S/c1-3-18-14(17)11-5-4-10(19-11)8-15-13(16)12-9(2)6-7-20-12/h4-7H,3,8H2,1-2H3,(H,15,16). The van der Waals surface area contributed by atoms with E-state index in [4.69, 9.17) is 9.15 Å². The van der Waals surface area contributed by atoms with Crippen LogP contribution in [-0.4, -0.2) is 18.5 Å². The zero-order valence-electron chi connectivity index (χ0n) is 11.3. The SMILES string of the molecule is CCOC(=O)c1ccc(CNC(=O)c2sccc2C)o1. The largest absolute Gasteiger partial charge is 0.460 e. The molecular weight excluding hydrogens is 278 g/mol. The summed E-state index contributed by atoms with van der Waals surface area (Å²) >= 11 is 1.39. The highest BCUT2D eigenvalue weighted by Crippen LogP contribution is 2.15. The van der Waals surface area contributed by atoms with Crippen LogP contribution >= 0.6 is 11.3 Å². The lowest BCUT2D eigenvalue weighted by Gasteiger charge is -2.02. The first-order valence-corrected chi connectivity index (χ1v) is 7.08. The quantitative estimate of drug-likeness (QED) is 0.861. The Morgan fingerprint density at radius 3 is 2.80 bits per heavy atom. The zero-order valence-corrected chi connectivity index (χ0v) is 12.1. The number of rotatable bonds is 5. The van der Waals surface area contributed by atoms with E-state index in [0.717, 1.165) is 5.56 Å². The highest BCUT2D eigenvalue weighted by Gasteiger charge is 2.14. The third-order valence-electron chi connectivity index (χ3n) is 2.63. The average Bonchev–Trinajstić information content (AvgIpc) is 3.05. The van der Waals surface area contributed by atoms with Crippen molar-refractivity contribution in [2.45, 2.75) is 20.4 Å². The number of hydrogen-bond donors (Lipinski definition) is 1. The molecule has 0 spiro atoms. The van der Waals surface area contributed by atoms with E-state index in [1.165, 1.54) is 17.4 Å². The highest BCUT2D eigenvalue weighted by atomic mass is 32.1. The predicted octanol–water partition coefficient (Wildman–Crippen LogP) is 2.76. The van der Waals surface area contributed by atoms with Gasteiger partial charge < -0.3 is 14.5 Å². The number of nitrogens with one attached hydrogen (secondary N) is 1. The second kappa shape index (κ2) is 6.38. The lowest BCUT2D eigenvalue weighted by molar-refractivity contribution is 0.0488. The third-order valence-corrected chi connectivity index (χ3v) is 3.65. The molecule has 5 nitrogen and oxygen atoms in total. The molecule has 2 heterocycles. The molecule has 2 rings (SSSR count). The number of hydrogen-bond acceptors (Lipinski definition) is 5. The fraction of sp³-hybridized carbons (Fsp3) is 0.286. The zero-order chi connectivity index (χ0) is 14.5. The van der Waals surface area contributed by atoms with Crippen LogP contribution in [0.1, 0.15) is 38.5 Å². The maximum Gasteiger partial charge on any atom is 0.374 e. The van der Waals surface area contributed by atoms with Crippen LogP contribution in [0, 0.1) is 6.92 Å². The molecular formula is C14H15NO4S. The number of ether oxygens (including phenoxy) is 1. The van der Waals surface area contributed by atoms with E-state index in [0.29, 0.717) is 17.2 Å². The minimum absolute atomic E-state index is 0.142. The Kier molecular flexibility index (Phi) is 4.57. The molecule has 1 N–H and O–H groups in total. The van der Waals surface area contributed by atoms with Gasteiger partial charge in [0.1, 0.15) is 5.76 Å². The molecule has 2 aromatic heterocycles. The number of esters is 1. The summed E-state index contributed by atoms with van der Waals surface area (Å²) in [6, 6.07) is 5.08. The normalized spacial score (nSPS) is 10.3. The number of carbonyl (C=O) groups excluding carboxylic acids is 2. The summed E-state index contributed by atoms with van der Waals surface area (Å²) in [6.45, 7) is 4.14. The molecule has 0 saturated carbocycles. The Morgan fingerprint density at radius 2 is 2.15 bits per heavy atom. The Hall–Kier alpha value is -2.08. The summed E-state index contributed by atoms with van der Waals surface area (Å²) in [6.07, 6.45) is 0. The van der Waals surface area contributed by atoms with Crippen molar-refractivity contribution in [2.24, 2.45) is 0 Å². The first kappa shape index (κ1) is 14.3. The van der Waals surface area contributed by atoms with Crippen LogP contribution in [0.3, 0.4) is 0 Å². The van der Waals surface area contributed by atoms with Crippen molar-refractivity contribution >= 4 is 23.2 Å². The maximum atomic E-state index is 11.9. The van der Waals surface area contributed by atoms with Crippen LogP contribution in [-0.2, 0) is 11.3 Å². The van der Waals surface area contributed by atoms with Crippen molar-refractivity contribution in [3.63, 3.8) is 0 Å². The van der Waals surface area contributed by atoms with Gasteiger partial charge in [0, 0.05) is 0 Å². The van der Waals surface area contributed by atoms with Crippen molar-refractivity contribution in [3.05, 3.63) is 45.5 Å². The molecule has 0 atom stereocenters. The third kappa shape index (κ3) is 3.27. The first-order chi connectivity index (χ1) is 9.61. The topological polar surface area (TPSA) is 68.5 Å². The van der Waals surface area contributed by atoms with Crippen LogP contribution in [0.25, 0.3) is 0 Å². The summed E-state index contributed by atoms with van der Waals surface area (Å²) in [5.41, 5.74) is 0.944. The number of amides is 1. The fourth-order valence-electron chi connectivity index (χ4n) is 1.64. The molecule has 0 aliphatic heterocycles. The van der Waals surface area contributed by atoms with Gasteiger partial charge in [-0.1, -0.05) is 0 Å². The average molecular weight is 293 g/mol. The minimum Gasteiger partial charge on any atom is -0.460 e. The van der Waals surface area contributed by atoms with Crippen LogP contribution in [0.5, 0.6) is 0 Å². The Balaban J connectivity index is 1.93. The van der Waals surface area contributed by atoms with E-state index in [1.807, 2.05) is 18.4 Å². The van der Waals surface area contributed by atoms with Crippen LogP contribution < -0.4 is 5.32 Å². The lowest BCUT2D eigenvalue weighted by Crippen LogP contribution is -2.22. The summed E-state index contributed by atoms with van der Waals surface area (Å²) < 4.78 is 10.1. The van der Waals surface area contributed by atoms with Crippen LogP contribution in [0.15, 0.2) is 28.0 Å². The summed E-state index contributed by atoms with van der Waals surface area (Å²) in [5, 5.41) is 4.62. The number of furan rings is 1. The van der Waals surface area contributed by atoms with Gasteiger partial charge in [-0.25, -0.2) is 4.79 Å². The van der Waals surface area contributed by atoms with Gasteiger partial charge in [-0.3, -0.25) is 4.79 Å². The molecule has 0 aromatic carbocycles. The second-order valence-corrected chi connectivity index (χ2v) is 5.02. The van der Waals surface area contributed by atoms with E-state index in [9.17, 15) is 9.59 Å². The molecule has 0 bridgehead atoms. The van der Waals surface area contributed by atoms with Gasteiger partial charge in [-0.15, -0.1) is 11.3 Å². The lowest BCUT2D eigenvalue weighted by atomic mass is 10.3. The van der Waals surface area contributed by atoms with Gasteiger partial charge >= 0.3 is 5.97 Å². The number of carbonyl (C=O) groups is 2. The molecule has 2 aromatic rings. The fourth-order valence-corrected chi connectivity index (χ4v) is 2.48. The Labute approximate surface area is 120 Å². The summed E-state index contributed by atoms with van der Waals surface area (Å²) in [5.74, 6) is 0.00442. The maximum absolute atomic E-state index is 11.9. The number of thiophene rings is 1. The molecule has 0 aliphatic rings. The smallest absolute Gasteiger partial charge is 0.374 e. The van der Waals surface area contributed by atoms with Gasteiger partial charge in [0.2, 0.25) is 5.76 Å². The molecule has 0 fully saturated rings.